The molecule has 0 aliphatic rings. The van der Waals surface area contributed by atoms with Crippen molar-refractivity contribution in [2.24, 2.45) is 10.7 Å². The molecule has 2 aromatic carbocycles. The molecule has 0 aromatic heterocycles. The van der Waals surface area contributed by atoms with Crippen LogP contribution in [0.3, 0.4) is 0 Å². The van der Waals surface area contributed by atoms with Gasteiger partial charge in [-0.1, -0.05) is 19.1 Å². The van der Waals surface area contributed by atoms with Crippen molar-refractivity contribution in [1.82, 2.24) is 0 Å². The number of ether oxygens (including phenoxy) is 3. The van der Waals surface area contributed by atoms with Crippen LogP contribution in [0.1, 0.15) is 18.9 Å². The Hall–Kier alpha value is -2.16. The summed E-state index contributed by atoms with van der Waals surface area (Å²) in [5.74, 6) is 2.52. The van der Waals surface area contributed by atoms with E-state index in [1.807, 2.05) is 42.5 Å². The van der Waals surface area contributed by atoms with E-state index in [1.54, 1.807) is 14.2 Å². The molecule has 0 aliphatic heterocycles. The zero-order valence-corrected chi connectivity index (χ0v) is 17.7. The lowest BCUT2D eigenvalue weighted by molar-refractivity contribution is 0.294. The predicted octanol–water partition coefficient (Wildman–Crippen LogP) is 4.04. The second-order valence-electron chi connectivity index (χ2n) is 5.39. The Labute approximate surface area is 171 Å². The van der Waals surface area contributed by atoms with Crippen molar-refractivity contribution in [3.05, 3.63) is 48.0 Å². The van der Waals surface area contributed by atoms with Crippen LogP contribution >= 0.6 is 24.0 Å². The molecule has 3 N–H and O–H groups in total. The number of halogens is 1. The van der Waals surface area contributed by atoms with Crippen molar-refractivity contribution >= 4 is 35.6 Å². The van der Waals surface area contributed by atoms with Crippen molar-refractivity contribution in [2.75, 3.05) is 26.1 Å². The van der Waals surface area contributed by atoms with Crippen molar-refractivity contribution in [3.8, 4) is 17.2 Å². The number of hydrogen-bond acceptors (Lipinski definition) is 4. The monoisotopic (exact) mass is 471 g/mol. The number of nitrogens with one attached hydrogen (secondary N) is 1. The smallest absolute Gasteiger partial charge is 0.193 e. The summed E-state index contributed by atoms with van der Waals surface area (Å²) in [6.07, 6.45) is 0.946. The molecule has 2 aromatic rings. The van der Waals surface area contributed by atoms with Crippen molar-refractivity contribution in [2.45, 2.75) is 19.9 Å². The van der Waals surface area contributed by atoms with E-state index in [0.29, 0.717) is 24.9 Å². The first-order chi connectivity index (χ1) is 12.2. The van der Waals surface area contributed by atoms with Gasteiger partial charge in [0, 0.05) is 11.8 Å². The topological polar surface area (TPSA) is 78.1 Å². The summed E-state index contributed by atoms with van der Waals surface area (Å²) in [5, 5.41) is 3.05. The van der Waals surface area contributed by atoms with Crippen molar-refractivity contribution in [3.63, 3.8) is 0 Å². The van der Waals surface area contributed by atoms with Gasteiger partial charge >= 0.3 is 0 Å². The summed E-state index contributed by atoms with van der Waals surface area (Å²) in [6.45, 7) is 3.16. The van der Waals surface area contributed by atoms with Crippen LogP contribution in [0.2, 0.25) is 0 Å². The lowest BCUT2D eigenvalue weighted by Crippen LogP contribution is -2.22. The number of nitrogens with two attached hydrogens (primary N) is 1. The maximum absolute atomic E-state index is 5.95. The third-order valence-corrected chi connectivity index (χ3v) is 3.46. The molecule has 2 rings (SSSR count). The lowest BCUT2D eigenvalue weighted by atomic mass is 10.2. The van der Waals surface area contributed by atoms with E-state index in [-0.39, 0.29) is 24.0 Å². The Balaban J connectivity index is 0.00000338. The summed E-state index contributed by atoms with van der Waals surface area (Å²) in [6, 6.07) is 13.3. The number of anilines is 1. The Morgan fingerprint density at radius 1 is 1.08 bits per heavy atom. The number of hydrogen-bond donors (Lipinski definition) is 2. The molecule has 0 fully saturated rings. The number of benzene rings is 2. The second-order valence-corrected chi connectivity index (χ2v) is 5.39. The van der Waals surface area contributed by atoms with Crippen LogP contribution in [0.15, 0.2) is 47.5 Å². The first-order valence-electron chi connectivity index (χ1n) is 8.17. The van der Waals surface area contributed by atoms with Crippen LogP contribution in [0, 0.1) is 0 Å². The molecule has 6 nitrogen and oxygen atoms in total. The first kappa shape index (κ1) is 21.9. The fourth-order valence-electron chi connectivity index (χ4n) is 2.21. The van der Waals surface area contributed by atoms with Gasteiger partial charge in [0.1, 0.15) is 5.75 Å². The van der Waals surface area contributed by atoms with E-state index < -0.39 is 0 Å². The predicted molar refractivity (Wildman–Crippen MR) is 116 cm³/mol. The van der Waals surface area contributed by atoms with E-state index in [2.05, 4.69) is 17.2 Å². The molecule has 26 heavy (non-hydrogen) atoms. The van der Waals surface area contributed by atoms with Gasteiger partial charge in [-0.3, -0.25) is 0 Å². The molecule has 0 heterocycles. The highest BCUT2D eigenvalue weighted by Gasteiger charge is 2.05. The summed E-state index contributed by atoms with van der Waals surface area (Å²) in [4.78, 5) is 4.36. The van der Waals surface area contributed by atoms with E-state index in [1.165, 1.54) is 0 Å². The van der Waals surface area contributed by atoms with Gasteiger partial charge < -0.3 is 25.3 Å². The number of methoxy groups -OCH3 is 2. The summed E-state index contributed by atoms with van der Waals surface area (Å²) < 4.78 is 16.2. The van der Waals surface area contributed by atoms with E-state index in [4.69, 9.17) is 19.9 Å². The van der Waals surface area contributed by atoms with Crippen LogP contribution in [-0.2, 0) is 6.54 Å². The summed E-state index contributed by atoms with van der Waals surface area (Å²) >= 11 is 0. The van der Waals surface area contributed by atoms with Gasteiger partial charge in [0.25, 0.3) is 0 Å². The number of aliphatic imine (C=N–C) groups is 1. The minimum atomic E-state index is 0. The molecule has 7 heteroatoms. The Morgan fingerprint density at radius 3 is 2.58 bits per heavy atom. The Bertz CT molecular complexity index is 723. The third kappa shape index (κ3) is 6.62. The molecular formula is C19H26IN3O3. The molecule has 0 radical (unpaired) electrons. The number of rotatable bonds is 8. The maximum atomic E-state index is 5.95. The average molecular weight is 471 g/mol. The van der Waals surface area contributed by atoms with Gasteiger partial charge in [0.2, 0.25) is 0 Å². The fraction of sp³-hybridized carbons (Fsp3) is 0.316. The molecule has 0 saturated heterocycles. The van der Waals surface area contributed by atoms with E-state index in [9.17, 15) is 0 Å². The molecule has 0 amide bonds. The van der Waals surface area contributed by atoms with Crippen LogP contribution in [-0.4, -0.2) is 26.8 Å². The number of guanidine groups is 1. The minimum absolute atomic E-state index is 0. The summed E-state index contributed by atoms with van der Waals surface area (Å²) in [5.41, 5.74) is 7.76. The van der Waals surface area contributed by atoms with Gasteiger partial charge in [-0.25, -0.2) is 4.99 Å². The van der Waals surface area contributed by atoms with Crippen molar-refractivity contribution in [1.29, 1.82) is 0 Å². The minimum Gasteiger partial charge on any atom is -0.497 e. The molecule has 0 atom stereocenters. The van der Waals surface area contributed by atoms with Gasteiger partial charge in [0.05, 0.1) is 27.4 Å². The van der Waals surface area contributed by atoms with E-state index >= 15 is 0 Å². The lowest BCUT2D eigenvalue weighted by Gasteiger charge is -2.11. The average Bonchev–Trinajstić information content (AvgIpc) is 2.65. The highest BCUT2D eigenvalue weighted by Crippen LogP contribution is 2.28. The zero-order valence-electron chi connectivity index (χ0n) is 15.3. The van der Waals surface area contributed by atoms with Gasteiger partial charge in [-0.15, -0.1) is 24.0 Å². The Kier molecular flexibility index (Phi) is 9.64. The molecular weight excluding hydrogens is 445 g/mol. The quantitative estimate of drug-likeness (QED) is 0.345. The standard InChI is InChI=1S/C19H25N3O3.HI/c1-4-10-25-17-9-8-14(11-18(17)24-3)13-21-19(20)22-15-6-5-7-16(12-15)23-2;/h5-9,11-12H,4,10,13H2,1-3H3,(H3,20,21,22);1H. The summed E-state index contributed by atoms with van der Waals surface area (Å²) in [7, 11) is 3.25. The van der Waals surface area contributed by atoms with Gasteiger partial charge in [-0.2, -0.15) is 0 Å². The largest absolute Gasteiger partial charge is 0.497 e. The third-order valence-electron chi connectivity index (χ3n) is 3.46. The molecule has 142 valence electrons. The van der Waals surface area contributed by atoms with Crippen molar-refractivity contribution < 1.29 is 14.2 Å². The molecule has 0 saturated carbocycles. The van der Waals surface area contributed by atoms with Crippen LogP contribution in [0.5, 0.6) is 17.2 Å². The highest BCUT2D eigenvalue weighted by atomic mass is 127. The first-order valence-corrected chi connectivity index (χ1v) is 8.17. The second kappa shape index (κ2) is 11.5. The molecule has 0 aliphatic carbocycles. The normalized spacial score (nSPS) is 10.7. The molecule has 0 bridgehead atoms. The molecule has 0 spiro atoms. The highest BCUT2D eigenvalue weighted by molar-refractivity contribution is 14.0. The van der Waals surface area contributed by atoms with E-state index in [0.717, 1.165) is 29.2 Å². The molecule has 0 unspecified atom stereocenters. The van der Waals surface area contributed by atoms with Crippen LogP contribution < -0.4 is 25.3 Å². The van der Waals surface area contributed by atoms with Gasteiger partial charge in [0.15, 0.2) is 17.5 Å². The SMILES string of the molecule is CCCOc1ccc(CN=C(N)Nc2cccc(OC)c2)cc1OC.I. The van der Waals surface area contributed by atoms with Crippen LogP contribution in [0.25, 0.3) is 0 Å². The Morgan fingerprint density at radius 2 is 1.88 bits per heavy atom. The maximum Gasteiger partial charge on any atom is 0.193 e. The fourth-order valence-corrected chi connectivity index (χ4v) is 2.21. The van der Waals surface area contributed by atoms with Crippen LogP contribution in [0.4, 0.5) is 5.69 Å². The van der Waals surface area contributed by atoms with Gasteiger partial charge in [-0.05, 0) is 36.2 Å². The number of nitrogens with zero attached hydrogens (tertiary/aromatic N) is 1. The zero-order chi connectivity index (χ0) is 18.1.